The first-order valence-electron chi connectivity index (χ1n) is 4.43. The number of halogens is 1. The second-order valence-corrected chi connectivity index (χ2v) is 5.22. The van der Waals surface area contributed by atoms with Gasteiger partial charge in [0.05, 0.1) is 4.92 Å². The van der Waals surface area contributed by atoms with Gasteiger partial charge in [0.1, 0.15) is 0 Å². The summed E-state index contributed by atoms with van der Waals surface area (Å²) in [7, 11) is 0. The quantitative estimate of drug-likeness (QED) is 0.608. The fourth-order valence-electron chi connectivity index (χ4n) is 1.53. The highest BCUT2D eigenvalue weighted by Crippen LogP contribution is 2.42. The molecule has 78 valence electrons. The number of thioether (sulfide) groups is 1. The molecule has 0 N–H and O–H groups in total. The fourth-order valence-corrected chi connectivity index (χ4v) is 2.86. The number of nitro groups is 1. The molecule has 1 heterocycles. The van der Waals surface area contributed by atoms with E-state index in [1.807, 2.05) is 23.6 Å². The average Bonchev–Trinajstić information content (AvgIpc) is 2.70. The zero-order valence-corrected chi connectivity index (χ0v) is 10.1. The van der Waals surface area contributed by atoms with E-state index in [2.05, 4.69) is 15.9 Å². The molecule has 1 aromatic rings. The van der Waals surface area contributed by atoms with Gasteiger partial charge in [0, 0.05) is 21.4 Å². The third-order valence-electron chi connectivity index (χ3n) is 2.23. The number of hydrogen-bond acceptors (Lipinski definition) is 3. The van der Waals surface area contributed by atoms with Crippen LogP contribution in [0, 0.1) is 10.1 Å². The van der Waals surface area contributed by atoms with Gasteiger partial charge in [0.25, 0.3) is 5.69 Å². The van der Waals surface area contributed by atoms with Crippen molar-refractivity contribution < 1.29 is 4.92 Å². The van der Waals surface area contributed by atoms with Gasteiger partial charge < -0.3 is 0 Å². The van der Waals surface area contributed by atoms with Crippen molar-refractivity contribution in [2.24, 2.45) is 0 Å². The summed E-state index contributed by atoms with van der Waals surface area (Å²) in [5.74, 6) is 0. The monoisotopic (exact) mass is 285 g/mol. The molecule has 1 unspecified atom stereocenters. The topological polar surface area (TPSA) is 43.1 Å². The lowest BCUT2D eigenvalue weighted by molar-refractivity contribution is -0.385. The Bertz CT molecular complexity index is 425. The van der Waals surface area contributed by atoms with Gasteiger partial charge in [-0.2, -0.15) is 0 Å². The maximum Gasteiger partial charge on any atom is 0.274 e. The molecule has 1 aromatic carbocycles. The molecule has 2 rings (SSSR count). The van der Waals surface area contributed by atoms with Gasteiger partial charge in [-0.1, -0.05) is 22.0 Å². The molecule has 0 aromatic heterocycles. The molecule has 0 saturated heterocycles. The van der Waals surface area contributed by atoms with Crippen molar-refractivity contribution in [1.82, 2.24) is 0 Å². The predicted molar refractivity (Wildman–Crippen MR) is 64.9 cm³/mol. The van der Waals surface area contributed by atoms with Crippen molar-refractivity contribution in [1.29, 1.82) is 0 Å². The zero-order chi connectivity index (χ0) is 10.8. The molecule has 0 aliphatic carbocycles. The molecule has 0 fully saturated rings. The molecule has 1 atom stereocenters. The van der Waals surface area contributed by atoms with Gasteiger partial charge in [0.15, 0.2) is 0 Å². The minimum Gasteiger partial charge on any atom is -0.258 e. The van der Waals surface area contributed by atoms with Crippen LogP contribution in [0.4, 0.5) is 5.69 Å². The summed E-state index contributed by atoms with van der Waals surface area (Å²) in [6, 6.07) is 5.24. The molecule has 1 aliphatic rings. The van der Waals surface area contributed by atoms with Gasteiger partial charge >= 0.3 is 0 Å². The van der Waals surface area contributed by atoms with Gasteiger partial charge in [-0.05, 0) is 24.0 Å². The normalized spacial score (nSPS) is 19.4. The summed E-state index contributed by atoms with van der Waals surface area (Å²) >= 11 is 4.88. The second-order valence-electron chi connectivity index (χ2n) is 3.19. The summed E-state index contributed by atoms with van der Waals surface area (Å²) in [6.45, 7) is 0. The van der Waals surface area contributed by atoms with Crippen LogP contribution in [0.15, 0.2) is 34.2 Å². The summed E-state index contributed by atoms with van der Waals surface area (Å²) in [5, 5.41) is 13.1. The van der Waals surface area contributed by atoms with E-state index in [4.69, 9.17) is 0 Å². The Labute approximate surface area is 99.8 Å². The van der Waals surface area contributed by atoms with E-state index < -0.39 is 0 Å². The highest BCUT2D eigenvalue weighted by Gasteiger charge is 2.23. The Balaban J connectivity index is 2.41. The Kier molecular flexibility index (Phi) is 3.11. The average molecular weight is 286 g/mol. The maximum absolute atomic E-state index is 10.9. The van der Waals surface area contributed by atoms with Crippen molar-refractivity contribution in [3.63, 3.8) is 0 Å². The smallest absolute Gasteiger partial charge is 0.258 e. The molecule has 0 bridgehead atoms. The Morgan fingerprint density at radius 1 is 1.53 bits per heavy atom. The molecule has 0 saturated carbocycles. The first kappa shape index (κ1) is 10.7. The molecule has 5 heteroatoms. The lowest BCUT2D eigenvalue weighted by atomic mass is 10.1. The molecule has 0 radical (unpaired) electrons. The van der Waals surface area contributed by atoms with Gasteiger partial charge in [-0.25, -0.2) is 0 Å². The van der Waals surface area contributed by atoms with Crippen molar-refractivity contribution in [2.75, 3.05) is 0 Å². The van der Waals surface area contributed by atoms with Crippen molar-refractivity contribution >= 4 is 33.4 Å². The van der Waals surface area contributed by atoms with Crippen LogP contribution >= 0.6 is 27.7 Å². The number of nitro benzene ring substituents is 1. The van der Waals surface area contributed by atoms with Crippen LogP contribution in [0.5, 0.6) is 0 Å². The minimum atomic E-state index is -0.320. The number of benzene rings is 1. The van der Waals surface area contributed by atoms with Crippen molar-refractivity contribution in [3.05, 3.63) is 49.8 Å². The highest BCUT2D eigenvalue weighted by molar-refractivity contribution is 9.10. The van der Waals surface area contributed by atoms with Gasteiger partial charge in [-0.3, -0.25) is 10.1 Å². The van der Waals surface area contributed by atoms with Gasteiger partial charge in [-0.15, -0.1) is 11.8 Å². The first-order chi connectivity index (χ1) is 7.18. The lowest BCUT2D eigenvalue weighted by Crippen LogP contribution is -1.97. The molecule has 1 aliphatic heterocycles. The van der Waals surface area contributed by atoms with Crippen LogP contribution in [0.2, 0.25) is 0 Å². The first-order valence-corrected chi connectivity index (χ1v) is 6.16. The van der Waals surface area contributed by atoms with Crippen LogP contribution in [0.3, 0.4) is 0 Å². The van der Waals surface area contributed by atoms with Crippen molar-refractivity contribution in [2.45, 2.75) is 11.7 Å². The van der Waals surface area contributed by atoms with E-state index in [-0.39, 0.29) is 15.9 Å². The highest BCUT2D eigenvalue weighted by atomic mass is 79.9. The van der Waals surface area contributed by atoms with Crippen LogP contribution in [0.1, 0.15) is 17.2 Å². The number of allylic oxidation sites excluding steroid dienone is 1. The van der Waals surface area contributed by atoms with Crippen LogP contribution in [-0.4, -0.2) is 4.92 Å². The summed E-state index contributed by atoms with van der Waals surface area (Å²) < 4.78 is 0.744. The Morgan fingerprint density at radius 2 is 2.33 bits per heavy atom. The molecular formula is C10H8BrNO2S. The van der Waals surface area contributed by atoms with E-state index >= 15 is 0 Å². The second kappa shape index (κ2) is 4.37. The number of rotatable bonds is 2. The summed E-state index contributed by atoms with van der Waals surface area (Å²) in [6.07, 6.45) is 2.91. The fraction of sp³-hybridized carbons (Fsp3) is 0.200. The third-order valence-corrected chi connectivity index (χ3v) is 3.84. The molecule has 0 amide bonds. The minimum absolute atomic E-state index is 0.193. The molecular weight excluding hydrogens is 278 g/mol. The van der Waals surface area contributed by atoms with Crippen molar-refractivity contribution in [3.8, 4) is 0 Å². The zero-order valence-electron chi connectivity index (χ0n) is 7.72. The standard InChI is InChI=1S/C10H8BrNO2S/c11-7-3-4-8(9(6-7)12(13)14)10-2-1-5-15-10/h1,3-6,10H,2H2. The van der Waals surface area contributed by atoms with Crippen LogP contribution in [-0.2, 0) is 0 Å². The van der Waals surface area contributed by atoms with E-state index in [9.17, 15) is 10.1 Å². The third kappa shape index (κ3) is 2.23. The van der Waals surface area contributed by atoms with E-state index in [1.165, 1.54) is 0 Å². The number of nitrogens with zero attached hydrogens (tertiary/aromatic N) is 1. The molecule has 3 nitrogen and oxygen atoms in total. The Hall–Kier alpha value is -0.810. The Morgan fingerprint density at radius 3 is 2.93 bits per heavy atom. The largest absolute Gasteiger partial charge is 0.274 e. The lowest BCUT2D eigenvalue weighted by Gasteiger charge is -2.09. The molecule has 15 heavy (non-hydrogen) atoms. The maximum atomic E-state index is 10.9. The summed E-state index contributed by atoms with van der Waals surface area (Å²) in [4.78, 5) is 10.6. The van der Waals surface area contributed by atoms with Crippen LogP contribution in [0.25, 0.3) is 0 Å². The van der Waals surface area contributed by atoms with E-state index in [0.29, 0.717) is 0 Å². The molecule has 0 spiro atoms. The summed E-state index contributed by atoms with van der Waals surface area (Å²) in [5.41, 5.74) is 1.00. The van der Waals surface area contributed by atoms with Crippen LogP contribution < -0.4 is 0 Å². The SMILES string of the molecule is O=[N+]([O-])c1cc(Br)ccc1C1CC=CS1. The number of hydrogen-bond donors (Lipinski definition) is 0. The van der Waals surface area contributed by atoms with E-state index in [0.717, 1.165) is 16.5 Å². The van der Waals surface area contributed by atoms with E-state index in [1.54, 1.807) is 17.8 Å². The predicted octanol–water partition coefficient (Wildman–Crippen LogP) is 4.05. The van der Waals surface area contributed by atoms with Gasteiger partial charge in [0.2, 0.25) is 0 Å².